The Morgan fingerprint density at radius 2 is 1.62 bits per heavy atom. The Morgan fingerprint density at radius 1 is 1.03 bits per heavy atom. The summed E-state index contributed by atoms with van der Waals surface area (Å²) in [4.78, 5) is 22.9. The Labute approximate surface area is 181 Å². The lowest BCUT2D eigenvalue weighted by molar-refractivity contribution is -0.180. The van der Waals surface area contributed by atoms with Gasteiger partial charge in [-0.3, -0.25) is 4.79 Å². The van der Waals surface area contributed by atoms with Crippen molar-refractivity contribution in [1.82, 2.24) is 14.9 Å². The van der Waals surface area contributed by atoms with E-state index < -0.39 is 18.3 Å². The van der Waals surface area contributed by atoms with Crippen molar-refractivity contribution in [3.05, 3.63) is 24.4 Å². The summed E-state index contributed by atoms with van der Waals surface area (Å²) in [6.45, 7) is -0.0780. The molecular weight excluding hydrogens is 436 g/mol. The summed E-state index contributed by atoms with van der Waals surface area (Å²) in [7, 11) is 4.47. The number of methoxy groups -OCH3 is 3. The number of anilines is 1. The Bertz CT molecular complexity index is 943. The first-order valence-corrected chi connectivity index (χ1v) is 9.56. The molecule has 1 fully saturated rings. The van der Waals surface area contributed by atoms with Gasteiger partial charge in [0, 0.05) is 37.9 Å². The normalized spacial score (nSPS) is 14.5. The first-order valence-electron chi connectivity index (χ1n) is 9.56. The molecule has 1 aliphatic rings. The Balaban J connectivity index is 1.79. The van der Waals surface area contributed by atoms with Crippen LogP contribution in [0.5, 0.6) is 17.2 Å². The number of rotatable bonds is 7. The standard InChI is InChI=1S/C20H22F4N4O4/c1-30-14-10-12(11-15(31-2)16(14)32-3)13-4-5-25-19(26-13)28-8-6-27(7-9-28)18(29)20(23,24)17(21)22/h4-5,10-11,17H,6-9H2,1-3H3. The van der Waals surface area contributed by atoms with Crippen molar-refractivity contribution in [2.24, 2.45) is 0 Å². The van der Waals surface area contributed by atoms with Crippen LogP contribution in [-0.4, -0.2) is 80.6 Å². The van der Waals surface area contributed by atoms with E-state index >= 15 is 0 Å². The largest absolute Gasteiger partial charge is 0.493 e. The van der Waals surface area contributed by atoms with Gasteiger partial charge in [0.2, 0.25) is 11.7 Å². The van der Waals surface area contributed by atoms with E-state index in [4.69, 9.17) is 14.2 Å². The highest BCUT2D eigenvalue weighted by Crippen LogP contribution is 2.41. The predicted molar refractivity (Wildman–Crippen MR) is 107 cm³/mol. The molecule has 2 heterocycles. The maximum absolute atomic E-state index is 13.4. The number of hydrogen-bond acceptors (Lipinski definition) is 7. The number of benzene rings is 1. The zero-order chi connectivity index (χ0) is 23.5. The second-order valence-electron chi connectivity index (χ2n) is 6.86. The lowest BCUT2D eigenvalue weighted by atomic mass is 10.1. The van der Waals surface area contributed by atoms with Crippen LogP contribution in [0.3, 0.4) is 0 Å². The van der Waals surface area contributed by atoms with E-state index in [2.05, 4.69) is 9.97 Å². The molecule has 0 radical (unpaired) electrons. The van der Waals surface area contributed by atoms with Crippen LogP contribution in [0.1, 0.15) is 0 Å². The molecule has 0 saturated carbocycles. The third kappa shape index (κ3) is 4.48. The number of hydrogen-bond donors (Lipinski definition) is 0. The third-order valence-electron chi connectivity index (χ3n) is 5.01. The summed E-state index contributed by atoms with van der Waals surface area (Å²) in [5.41, 5.74) is 1.20. The van der Waals surface area contributed by atoms with Crippen LogP contribution in [0.15, 0.2) is 24.4 Å². The summed E-state index contributed by atoms with van der Waals surface area (Å²) >= 11 is 0. The minimum Gasteiger partial charge on any atom is -0.493 e. The van der Waals surface area contributed by atoms with Crippen LogP contribution in [0.4, 0.5) is 23.5 Å². The van der Waals surface area contributed by atoms with E-state index in [1.807, 2.05) is 0 Å². The van der Waals surface area contributed by atoms with E-state index in [0.29, 0.717) is 34.5 Å². The molecule has 1 saturated heterocycles. The van der Waals surface area contributed by atoms with Gasteiger partial charge in [-0.2, -0.15) is 8.78 Å². The Morgan fingerprint density at radius 3 is 2.12 bits per heavy atom. The number of piperazine rings is 1. The molecule has 1 aromatic heterocycles. The number of ether oxygens (including phenoxy) is 3. The molecule has 0 aliphatic carbocycles. The summed E-state index contributed by atoms with van der Waals surface area (Å²) < 4.78 is 67.7. The van der Waals surface area contributed by atoms with Gasteiger partial charge < -0.3 is 24.0 Å². The van der Waals surface area contributed by atoms with Gasteiger partial charge in [0.15, 0.2) is 11.5 Å². The molecule has 3 rings (SSSR count). The average molecular weight is 458 g/mol. The number of aromatic nitrogens is 2. The Hall–Kier alpha value is -3.31. The Kier molecular flexibility index (Phi) is 6.90. The molecule has 0 N–H and O–H groups in total. The van der Waals surface area contributed by atoms with Crippen molar-refractivity contribution >= 4 is 11.9 Å². The number of amides is 1. The minimum absolute atomic E-state index is 0.115. The maximum Gasteiger partial charge on any atom is 0.383 e. The third-order valence-corrected chi connectivity index (χ3v) is 5.01. The van der Waals surface area contributed by atoms with Gasteiger partial charge in [-0.25, -0.2) is 18.7 Å². The van der Waals surface area contributed by atoms with E-state index in [9.17, 15) is 22.4 Å². The monoisotopic (exact) mass is 458 g/mol. The van der Waals surface area contributed by atoms with Crippen molar-refractivity contribution in [3.63, 3.8) is 0 Å². The molecule has 1 aromatic carbocycles. The fourth-order valence-corrected chi connectivity index (χ4v) is 3.30. The van der Waals surface area contributed by atoms with Crippen molar-refractivity contribution in [2.45, 2.75) is 12.3 Å². The molecule has 2 aromatic rings. The molecule has 0 spiro atoms. The highest BCUT2D eigenvalue weighted by molar-refractivity contribution is 5.84. The van der Waals surface area contributed by atoms with Gasteiger partial charge >= 0.3 is 12.3 Å². The predicted octanol–water partition coefficient (Wildman–Crippen LogP) is 2.72. The van der Waals surface area contributed by atoms with E-state index in [-0.39, 0.29) is 26.2 Å². The molecular formula is C20H22F4N4O4. The number of nitrogens with zero attached hydrogens (tertiary/aromatic N) is 4. The smallest absolute Gasteiger partial charge is 0.383 e. The van der Waals surface area contributed by atoms with Crippen molar-refractivity contribution < 1.29 is 36.6 Å². The van der Waals surface area contributed by atoms with Gasteiger partial charge in [0.1, 0.15) is 0 Å². The summed E-state index contributed by atoms with van der Waals surface area (Å²) in [5, 5.41) is 0. The van der Waals surface area contributed by atoms with Crippen LogP contribution in [-0.2, 0) is 4.79 Å². The second-order valence-corrected chi connectivity index (χ2v) is 6.86. The van der Waals surface area contributed by atoms with Crippen LogP contribution in [0, 0.1) is 0 Å². The highest BCUT2D eigenvalue weighted by Gasteiger charge is 2.51. The molecule has 1 aliphatic heterocycles. The maximum atomic E-state index is 13.4. The molecule has 0 unspecified atom stereocenters. The van der Waals surface area contributed by atoms with Gasteiger partial charge in [-0.15, -0.1) is 0 Å². The van der Waals surface area contributed by atoms with E-state index in [1.54, 1.807) is 23.1 Å². The van der Waals surface area contributed by atoms with Crippen molar-refractivity contribution in [3.8, 4) is 28.5 Å². The lowest BCUT2D eigenvalue weighted by Crippen LogP contribution is -2.55. The molecule has 8 nitrogen and oxygen atoms in total. The molecule has 32 heavy (non-hydrogen) atoms. The fraction of sp³-hybridized carbons (Fsp3) is 0.450. The highest BCUT2D eigenvalue weighted by atomic mass is 19.3. The van der Waals surface area contributed by atoms with Crippen LogP contribution in [0.2, 0.25) is 0 Å². The first-order chi connectivity index (χ1) is 15.2. The van der Waals surface area contributed by atoms with Gasteiger partial charge in [0.05, 0.1) is 27.0 Å². The topological polar surface area (TPSA) is 77.0 Å². The van der Waals surface area contributed by atoms with Gasteiger partial charge in [0.25, 0.3) is 5.91 Å². The zero-order valence-electron chi connectivity index (χ0n) is 17.6. The van der Waals surface area contributed by atoms with Crippen molar-refractivity contribution in [1.29, 1.82) is 0 Å². The van der Waals surface area contributed by atoms with Crippen LogP contribution >= 0.6 is 0 Å². The SMILES string of the molecule is COc1cc(-c2ccnc(N3CCN(C(=O)C(F)(F)C(F)F)CC3)n2)cc(OC)c1OC. The molecule has 174 valence electrons. The fourth-order valence-electron chi connectivity index (χ4n) is 3.30. The summed E-state index contributed by atoms with van der Waals surface area (Å²) in [6, 6.07) is 5.11. The summed E-state index contributed by atoms with van der Waals surface area (Å²) in [5.74, 6) is -4.97. The number of halogens is 4. The summed E-state index contributed by atoms with van der Waals surface area (Å²) in [6.07, 6.45) is -2.52. The number of carbonyl (C=O) groups is 1. The van der Waals surface area contributed by atoms with Gasteiger partial charge in [-0.05, 0) is 18.2 Å². The van der Waals surface area contributed by atoms with E-state index in [1.165, 1.54) is 27.5 Å². The molecule has 1 amide bonds. The average Bonchev–Trinajstić information content (AvgIpc) is 2.82. The molecule has 0 bridgehead atoms. The minimum atomic E-state index is -4.70. The number of carbonyl (C=O) groups excluding carboxylic acids is 1. The van der Waals surface area contributed by atoms with Crippen LogP contribution < -0.4 is 19.1 Å². The molecule has 12 heteroatoms. The zero-order valence-corrected chi connectivity index (χ0v) is 17.6. The van der Waals surface area contributed by atoms with E-state index in [0.717, 1.165) is 4.90 Å². The molecule has 0 atom stereocenters. The second kappa shape index (κ2) is 9.45. The first kappa shape index (κ1) is 23.4. The van der Waals surface area contributed by atoms with Crippen LogP contribution in [0.25, 0.3) is 11.3 Å². The lowest BCUT2D eigenvalue weighted by Gasteiger charge is -2.36. The van der Waals surface area contributed by atoms with Crippen molar-refractivity contribution in [2.75, 3.05) is 52.4 Å². The van der Waals surface area contributed by atoms with Gasteiger partial charge in [-0.1, -0.05) is 0 Å². The number of alkyl halides is 4. The quantitative estimate of drug-likeness (QED) is 0.591.